The van der Waals surface area contributed by atoms with Gasteiger partial charge in [0.15, 0.2) is 5.82 Å². The quantitative estimate of drug-likeness (QED) is 0.933. The molecule has 1 atom stereocenters. The summed E-state index contributed by atoms with van der Waals surface area (Å²) >= 11 is 0. The number of nitrogens with one attached hydrogen (secondary N) is 1. The maximum Gasteiger partial charge on any atom is 0.244 e. The van der Waals surface area contributed by atoms with Crippen LogP contribution in [0.25, 0.3) is 0 Å². The van der Waals surface area contributed by atoms with E-state index in [1.165, 1.54) is 0 Å². The molecule has 0 bridgehead atoms. The molecule has 1 unspecified atom stereocenters. The van der Waals surface area contributed by atoms with Crippen molar-refractivity contribution in [3.05, 3.63) is 29.2 Å². The summed E-state index contributed by atoms with van der Waals surface area (Å²) in [6.45, 7) is 12.6. The summed E-state index contributed by atoms with van der Waals surface area (Å²) in [6.07, 6.45) is 2.23. The number of hydrogen-bond donors (Lipinski definition) is 1. The molecule has 3 rings (SSSR count). The smallest absolute Gasteiger partial charge is 0.244 e. The van der Waals surface area contributed by atoms with Crippen LogP contribution in [0.2, 0.25) is 0 Å². The highest BCUT2D eigenvalue weighted by Gasteiger charge is 2.31. The Bertz CT molecular complexity index is 652. The Morgan fingerprint density at radius 3 is 2.78 bits per heavy atom. The Hall–Kier alpha value is -1.69. The van der Waals surface area contributed by atoms with Gasteiger partial charge in [0.2, 0.25) is 5.89 Å². The summed E-state index contributed by atoms with van der Waals surface area (Å²) in [6, 6.07) is 2.39. The largest absolute Gasteiger partial charge is 0.338 e. The zero-order valence-electron chi connectivity index (χ0n) is 14.8. The highest BCUT2D eigenvalue weighted by atomic mass is 16.5. The van der Waals surface area contributed by atoms with Gasteiger partial charge < -0.3 is 4.52 Å². The number of nitrogens with zero attached hydrogens (tertiary/aromatic N) is 4. The topological polar surface area (TPSA) is 70.8 Å². The zero-order chi connectivity index (χ0) is 16.6. The molecule has 2 aromatic heterocycles. The van der Waals surface area contributed by atoms with Gasteiger partial charge in [-0.1, -0.05) is 39.8 Å². The molecular formula is C17H27N5O. The van der Waals surface area contributed by atoms with Crippen LogP contribution in [0.5, 0.6) is 0 Å². The molecule has 1 N–H and O–H groups in total. The van der Waals surface area contributed by atoms with Crippen LogP contribution < -0.4 is 0 Å². The van der Waals surface area contributed by atoms with Crippen molar-refractivity contribution in [3.63, 3.8) is 0 Å². The Labute approximate surface area is 137 Å². The highest BCUT2D eigenvalue weighted by molar-refractivity contribution is 5.16. The third kappa shape index (κ3) is 3.47. The molecule has 0 amide bonds. The summed E-state index contributed by atoms with van der Waals surface area (Å²) in [5, 5.41) is 11.7. The molecule has 6 nitrogen and oxygen atoms in total. The van der Waals surface area contributed by atoms with E-state index < -0.39 is 0 Å². The van der Waals surface area contributed by atoms with Gasteiger partial charge >= 0.3 is 0 Å². The second kappa shape index (κ2) is 6.07. The van der Waals surface area contributed by atoms with Crippen LogP contribution in [0.15, 0.2) is 10.6 Å². The van der Waals surface area contributed by atoms with Crippen LogP contribution in [0.3, 0.4) is 0 Å². The first-order valence-corrected chi connectivity index (χ1v) is 8.47. The fourth-order valence-corrected chi connectivity index (χ4v) is 2.96. The first-order chi connectivity index (χ1) is 10.8. The molecule has 23 heavy (non-hydrogen) atoms. The molecule has 1 aliphatic heterocycles. The minimum absolute atomic E-state index is 0.0673. The highest BCUT2D eigenvalue weighted by Crippen LogP contribution is 2.33. The molecule has 0 saturated carbocycles. The molecule has 0 aliphatic carbocycles. The van der Waals surface area contributed by atoms with Crippen molar-refractivity contribution >= 4 is 0 Å². The van der Waals surface area contributed by atoms with Gasteiger partial charge in [0.25, 0.3) is 0 Å². The molecule has 1 aliphatic rings. The van der Waals surface area contributed by atoms with Crippen LogP contribution >= 0.6 is 0 Å². The monoisotopic (exact) mass is 317 g/mol. The molecule has 6 heteroatoms. The van der Waals surface area contributed by atoms with E-state index in [4.69, 9.17) is 4.52 Å². The molecule has 1 fully saturated rings. The van der Waals surface area contributed by atoms with E-state index in [2.05, 4.69) is 65.9 Å². The molecule has 1 saturated heterocycles. The Morgan fingerprint density at radius 2 is 2.17 bits per heavy atom. The summed E-state index contributed by atoms with van der Waals surface area (Å²) in [4.78, 5) is 6.98. The number of likely N-dealkylation sites (tertiary alicyclic amines) is 1. The van der Waals surface area contributed by atoms with E-state index in [1.807, 2.05) is 0 Å². The minimum Gasteiger partial charge on any atom is -0.338 e. The lowest BCUT2D eigenvalue weighted by Gasteiger charge is -2.20. The standard InChI is InChI=1S/C17H27N5O/c1-11(2)15-18-16(23-21-15)13-7-6-8-22(13)10-12-9-14(20-19-12)17(3,4)5/h9,11,13H,6-8,10H2,1-5H3,(H,19,20). The van der Waals surface area contributed by atoms with Crippen molar-refractivity contribution in [3.8, 4) is 0 Å². The van der Waals surface area contributed by atoms with E-state index in [-0.39, 0.29) is 11.5 Å². The van der Waals surface area contributed by atoms with Gasteiger partial charge in [-0.15, -0.1) is 0 Å². The maximum absolute atomic E-state index is 5.51. The summed E-state index contributed by atoms with van der Waals surface area (Å²) in [5.41, 5.74) is 2.31. The van der Waals surface area contributed by atoms with Gasteiger partial charge in [-0.2, -0.15) is 10.1 Å². The first-order valence-electron chi connectivity index (χ1n) is 8.47. The number of aromatic nitrogens is 4. The van der Waals surface area contributed by atoms with Crippen molar-refractivity contribution in [2.45, 2.75) is 71.4 Å². The molecule has 0 spiro atoms. The molecule has 2 aromatic rings. The fourth-order valence-electron chi connectivity index (χ4n) is 2.96. The molecule has 0 aromatic carbocycles. The van der Waals surface area contributed by atoms with Gasteiger partial charge in [-0.25, -0.2) is 0 Å². The van der Waals surface area contributed by atoms with Crippen molar-refractivity contribution in [1.29, 1.82) is 0 Å². The molecular weight excluding hydrogens is 290 g/mol. The van der Waals surface area contributed by atoms with Gasteiger partial charge in [0, 0.05) is 23.6 Å². The van der Waals surface area contributed by atoms with Crippen LogP contribution in [0.1, 0.15) is 82.5 Å². The van der Waals surface area contributed by atoms with Gasteiger partial charge in [0.1, 0.15) is 0 Å². The lowest BCUT2D eigenvalue weighted by molar-refractivity contribution is 0.199. The Morgan fingerprint density at radius 1 is 1.39 bits per heavy atom. The van der Waals surface area contributed by atoms with E-state index in [1.54, 1.807) is 0 Å². The lowest BCUT2D eigenvalue weighted by atomic mass is 9.92. The average Bonchev–Trinajstić information content (AvgIpc) is 3.17. The zero-order valence-corrected chi connectivity index (χ0v) is 14.8. The SMILES string of the molecule is CC(C)c1noc(C2CCCN2Cc2cc(C(C)(C)C)n[nH]2)n1. The lowest BCUT2D eigenvalue weighted by Crippen LogP contribution is -2.23. The number of aromatic amines is 1. The number of rotatable bonds is 4. The van der Waals surface area contributed by atoms with Crippen LogP contribution in [-0.4, -0.2) is 31.8 Å². The molecule has 126 valence electrons. The predicted octanol–water partition coefficient (Wildman–Crippen LogP) is 3.55. The predicted molar refractivity (Wildman–Crippen MR) is 88.1 cm³/mol. The van der Waals surface area contributed by atoms with E-state index in [0.717, 1.165) is 49.0 Å². The second-order valence-electron chi connectivity index (χ2n) is 7.80. The van der Waals surface area contributed by atoms with Crippen LogP contribution in [0, 0.1) is 0 Å². The fraction of sp³-hybridized carbons (Fsp3) is 0.706. The van der Waals surface area contributed by atoms with E-state index in [9.17, 15) is 0 Å². The second-order valence-corrected chi connectivity index (χ2v) is 7.80. The molecule has 3 heterocycles. The number of hydrogen-bond acceptors (Lipinski definition) is 5. The van der Waals surface area contributed by atoms with Gasteiger partial charge in [-0.05, 0) is 25.5 Å². The van der Waals surface area contributed by atoms with Gasteiger partial charge in [-0.3, -0.25) is 10.00 Å². The average molecular weight is 317 g/mol. The van der Waals surface area contributed by atoms with Crippen molar-refractivity contribution < 1.29 is 4.52 Å². The van der Waals surface area contributed by atoms with Gasteiger partial charge in [0.05, 0.1) is 11.7 Å². The normalized spacial score (nSPS) is 19.8. The summed E-state index contributed by atoms with van der Waals surface area (Å²) in [7, 11) is 0. The van der Waals surface area contributed by atoms with Crippen LogP contribution in [0.4, 0.5) is 0 Å². The van der Waals surface area contributed by atoms with Crippen molar-refractivity contribution in [2.24, 2.45) is 0 Å². The third-order valence-electron chi connectivity index (χ3n) is 4.40. The summed E-state index contributed by atoms with van der Waals surface area (Å²) in [5.74, 6) is 1.84. The Balaban J connectivity index is 1.72. The summed E-state index contributed by atoms with van der Waals surface area (Å²) < 4.78 is 5.51. The maximum atomic E-state index is 5.51. The minimum atomic E-state index is 0.0673. The third-order valence-corrected chi connectivity index (χ3v) is 4.40. The van der Waals surface area contributed by atoms with Crippen molar-refractivity contribution in [1.82, 2.24) is 25.2 Å². The van der Waals surface area contributed by atoms with Crippen LogP contribution in [-0.2, 0) is 12.0 Å². The van der Waals surface area contributed by atoms with E-state index >= 15 is 0 Å². The van der Waals surface area contributed by atoms with Crippen molar-refractivity contribution in [2.75, 3.05) is 6.54 Å². The van der Waals surface area contributed by atoms with E-state index in [0.29, 0.717) is 5.92 Å². The first kappa shape index (κ1) is 16.2. The number of H-pyrrole nitrogens is 1. The molecule has 0 radical (unpaired) electrons. The Kier molecular flexibility index (Phi) is 4.27.